The number of aliphatic carboxylic acids is 2. The molecule has 10 nitrogen and oxygen atoms in total. The number of nitrogens with zero attached hydrogens (tertiary/aromatic N) is 1. The minimum absolute atomic E-state index is 0.00329. The molecule has 0 bridgehead atoms. The van der Waals surface area contributed by atoms with E-state index >= 15 is 0 Å². The van der Waals surface area contributed by atoms with Gasteiger partial charge in [-0.2, -0.15) is 0 Å². The molecule has 0 spiro atoms. The Balaban J connectivity index is 1.98. The summed E-state index contributed by atoms with van der Waals surface area (Å²) >= 11 is 0. The Labute approximate surface area is 216 Å². The molecule has 1 heterocycles. The van der Waals surface area contributed by atoms with Crippen molar-refractivity contribution in [1.29, 1.82) is 0 Å². The molecule has 3 rings (SSSR count). The number of carbonyl (C=O) groups is 3. The molecule has 2 aromatic rings. The van der Waals surface area contributed by atoms with Crippen molar-refractivity contribution in [2.75, 3.05) is 20.8 Å². The molecule has 1 aliphatic rings. The standard InChI is InChI=1S/C27H34N2O8/c1-5-37-25(32)20(12-11-17-9-7-6-8-10-17)28-27(2,26(33)34)29-16-19-15-23(36-4)22(35-3)14-18(19)13-21(29)24(30)31/h6-10,14-15,20-21,28H,5,11-13,16H2,1-4H3,(H,30,31)(H,33,34)/t20-,21-,27-/m0/s1. The zero-order chi connectivity index (χ0) is 27.2. The fourth-order valence-corrected chi connectivity index (χ4v) is 4.66. The van der Waals surface area contributed by atoms with E-state index in [1.54, 1.807) is 19.1 Å². The Morgan fingerprint density at radius 2 is 1.70 bits per heavy atom. The van der Waals surface area contributed by atoms with Crippen molar-refractivity contribution in [1.82, 2.24) is 10.2 Å². The molecule has 37 heavy (non-hydrogen) atoms. The predicted molar refractivity (Wildman–Crippen MR) is 135 cm³/mol. The van der Waals surface area contributed by atoms with Gasteiger partial charge < -0.3 is 24.4 Å². The van der Waals surface area contributed by atoms with Crippen LogP contribution in [-0.2, 0) is 38.5 Å². The first kappa shape index (κ1) is 27.9. The average Bonchev–Trinajstić information content (AvgIpc) is 2.89. The van der Waals surface area contributed by atoms with Gasteiger partial charge in [0.1, 0.15) is 12.1 Å². The van der Waals surface area contributed by atoms with E-state index in [1.165, 1.54) is 26.0 Å². The van der Waals surface area contributed by atoms with Crippen molar-refractivity contribution in [3.05, 3.63) is 59.2 Å². The van der Waals surface area contributed by atoms with Crippen LogP contribution >= 0.6 is 0 Å². The van der Waals surface area contributed by atoms with E-state index in [0.29, 0.717) is 23.5 Å². The minimum Gasteiger partial charge on any atom is -0.493 e. The Bertz CT molecular complexity index is 1120. The summed E-state index contributed by atoms with van der Waals surface area (Å²) in [5.74, 6) is -2.17. The number of fused-ring (bicyclic) bond motifs is 1. The number of carbonyl (C=O) groups excluding carboxylic acids is 1. The summed E-state index contributed by atoms with van der Waals surface area (Å²) in [6.07, 6.45) is 0.803. The lowest BCUT2D eigenvalue weighted by Crippen LogP contribution is -2.69. The van der Waals surface area contributed by atoms with Crippen LogP contribution in [0.2, 0.25) is 0 Å². The van der Waals surface area contributed by atoms with E-state index in [0.717, 1.165) is 11.1 Å². The number of carboxylic acids is 2. The normalized spacial score (nSPS) is 17.7. The Hall–Kier alpha value is -3.63. The molecule has 0 fully saturated rings. The van der Waals surface area contributed by atoms with E-state index in [-0.39, 0.29) is 26.0 Å². The number of hydrogen-bond donors (Lipinski definition) is 3. The molecule has 0 amide bonds. The van der Waals surface area contributed by atoms with Crippen LogP contribution in [0.4, 0.5) is 0 Å². The molecule has 2 aromatic carbocycles. The second kappa shape index (κ2) is 12.1. The SMILES string of the molecule is CCOC(=O)[C@H](CCc1ccccc1)N[C@](C)(C(=O)O)N1Cc2cc(OC)c(OC)cc2C[C@H]1C(=O)O. The fourth-order valence-electron chi connectivity index (χ4n) is 4.66. The molecule has 200 valence electrons. The number of methoxy groups -OCH3 is 2. The highest BCUT2D eigenvalue weighted by Gasteiger charge is 2.49. The fraction of sp³-hybridized carbons (Fsp3) is 0.444. The van der Waals surface area contributed by atoms with Crippen LogP contribution in [0, 0.1) is 0 Å². The molecule has 0 saturated heterocycles. The van der Waals surface area contributed by atoms with E-state index in [9.17, 15) is 24.6 Å². The molecular weight excluding hydrogens is 480 g/mol. The predicted octanol–water partition coefficient (Wildman–Crippen LogP) is 2.47. The molecule has 10 heteroatoms. The zero-order valence-electron chi connectivity index (χ0n) is 21.5. The Morgan fingerprint density at radius 3 is 2.24 bits per heavy atom. The monoisotopic (exact) mass is 514 g/mol. The smallest absolute Gasteiger partial charge is 0.338 e. The summed E-state index contributed by atoms with van der Waals surface area (Å²) in [6.45, 7) is 3.18. The third-order valence-electron chi connectivity index (χ3n) is 6.70. The van der Waals surface area contributed by atoms with Crippen LogP contribution in [0.25, 0.3) is 0 Å². The zero-order valence-corrected chi connectivity index (χ0v) is 21.5. The highest BCUT2D eigenvalue weighted by atomic mass is 16.5. The number of aryl methyl sites for hydroxylation is 1. The molecule has 0 saturated carbocycles. The first-order valence-corrected chi connectivity index (χ1v) is 12.1. The highest BCUT2D eigenvalue weighted by molar-refractivity contribution is 5.83. The van der Waals surface area contributed by atoms with E-state index in [4.69, 9.17) is 14.2 Å². The topological polar surface area (TPSA) is 135 Å². The molecule has 0 aromatic heterocycles. The minimum atomic E-state index is -1.90. The molecule has 3 atom stereocenters. The lowest BCUT2D eigenvalue weighted by Gasteiger charge is -2.45. The van der Waals surface area contributed by atoms with Crippen molar-refractivity contribution in [3.63, 3.8) is 0 Å². The second-order valence-corrected chi connectivity index (χ2v) is 9.01. The maximum atomic E-state index is 12.9. The van der Waals surface area contributed by atoms with Gasteiger partial charge in [0.2, 0.25) is 0 Å². The maximum absolute atomic E-state index is 12.9. The van der Waals surface area contributed by atoms with Crippen molar-refractivity contribution in [2.45, 2.75) is 57.4 Å². The maximum Gasteiger partial charge on any atom is 0.338 e. The summed E-state index contributed by atoms with van der Waals surface area (Å²) in [7, 11) is 2.98. The number of carboxylic acid groups (broad SMARTS) is 2. The van der Waals surface area contributed by atoms with Gasteiger partial charge in [0.05, 0.1) is 20.8 Å². The summed E-state index contributed by atoms with van der Waals surface area (Å²) < 4.78 is 16.0. The van der Waals surface area contributed by atoms with Gasteiger partial charge in [0, 0.05) is 6.54 Å². The number of rotatable bonds is 12. The Kier molecular flexibility index (Phi) is 9.12. The van der Waals surface area contributed by atoms with Gasteiger partial charge in [-0.05, 0) is 61.9 Å². The quantitative estimate of drug-likeness (QED) is 0.363. The van der Waals surface area contributed by atoms with E-state index < -0.39 is 35.7 Å². The van der Waals surface area contributed by atoms with Crippen molar-refractivity contribution >= 4 is 17.9 Å². The van der Waals surface area contributed by atoms with Crippen LogP contribution in [0.1, 0.15) is 37.0 Å². The third kappa shape index (κ3) is 6.20. The number of hydrogen-bond acceptors (Lipinski definition) is 8. The number of nitrogens with one attached hydrogen (secondary N) is 1. The van der Waals surface area contributed by atoms with Gasteiger partial charge in [-0.1, -0.05) is 30.3 Å². The van der Waals surface area contributed by atoms with Gasteiger partial charge in [-0.25, -0.2) is 4.79 Å². The summed E-state index contributed by atoms with van der Waals surface area (Å²) in [6, 6.07) is 10.8. The lowest BCUT2D eigenvalue weighted by molar-refractivity contribution is -0.165. The van der Waals surface area contributed by atoms with Gasteiger partial charge in [0.15, 0.2) is 17.2 Å². The Morgan fingerprint density at radius 1 is 1.08 bits per heavy atom. The lowest BCUT2D eigenvalue weighted by atomic mass is 9.90. The summed E-state index contributed by atoms with van der Waals surface area (Å²) in [5.41, 5.74) is 0.510. The molecule has 0 unspecified atom stereocenters. The summed E-state index contributed by atoms with van der Waals surface area (Å²) in [5, 5.41) is 23.4. The van der Waals surface area contributed by atoms with Crippen LogP contribution in [0.15, 0.2) is 42.5 Å². The van der Waals surface area contributed by atoms with Crippen LogP contribution in [-0.4, -0.2) is 71.6 Å². The van der Waals surface area contributed by atoms with Crippen molar-refractivity contribution < 1.29 is 38.8 Å². The molecular formula is C27H34N2O8. The largest absolute Gasteiger partial charge is 0.493 e. The summed E-state index contributed by atoms with van der Waals surface area (Å²) in [4.78, 5) is 39.3. The first-order chi connectivity index (χ1) is 17.6. The number of esters is 1. The first-order valence-electron chi connectivity index (χ1n) is 12.1. The van der Waals surface area contributed by atoms with E-state index in [2.05, 4.69) is 5.32 Å². The van der Waals surface area contributed by atoms with Crippen LogP contribution in [0.3, 0.4) is 0 Å². The van der Waals surface area contributed by atoms with Crippen LogP contribution in [0.5, 0.6) is 11.5 Å². The highest BCUT2D eigenvalue weighted by Crippen LogP contribution is 2.37. The third-order valence-corrected chi connectivity index (χ3v) is 6.70. The molecule has 0 aliphatic carbocycles. The number of ether oxygens (including phenoxy) is 3. The van der Waals surface area contributed by atoms with Gasteiger partial charge in [0.25, 0.3) is 0 Å². The van der Waals surface area contributed by atoms with Gasteiger partial charge in [-0.3, -0.25) is 19.8 Å². The van der Waals surface area contributed by atoms with Crippen molar-refractivity contribution in [3.8, 4) is 11.5 Å². The van der Waals surface area contributed by atoms with Crippen molar-refractivity contribution in [2.24, 2.45) is 0 Å². The average molecular weight is 515 g/mol. The number of benzene rings is 2. The molecule has 1 aliphatic heterocycles. The molecule has 0 radical (unpaired) electrons. The second-order valence-electron chi connectivity index (χ2n) is 9.01. The van der Waals surface area contributed by atoms with Gasteiger partial charge >= 0.3 is 17.9 Å². The van der Waals surface area contributed by atoms with E-state index in [1.807, 2.05) is 30.3 Å². The van der Waals surface area contributed by atoms with Crippen LogP contribution < -0.4 is 14.8 Å². The van der Waals surface area contributed by atoms with Gasteiger partial charge in [-0.15, -0.1) is 0 Å². The molecule has 3 N–H and O–H groups in total.